The van der Waals surface area contributed by atoms with Crippen LogP contribution in [0.4, 0.5) is 10.1 Å². The molecule has 1 aromatic carbocycles. The van der Waals surface area contributed by atoms with Gasteiger partial charge < -0.3 is 14.5 Å². The van der Waals surface area contributed by atoms with Crippen molar-refractivity contribution in [3.63, 3.8) is 0 Å². The fourth-order valence-electron chi connectivity index (χ4n) is 5.88. The number of halogens is 3. The van der Waals surface area contributed by atoms with Crippen LogP contribution in [0.25, 0.3) is 0 Å². The minimum atomic E-state index is -0.184. The van der Waals surface area contributed by atoms with Gasteiger partial charge in [0.2, 0.25) is 0 Å². The molecule has 5 rings (SSSR count). The van der Waals surface area contributed by atoms with Crippen LogP contribution in [-0.2, 0) is 0 Å². The van der Waals surface area contributed by atoms with Crippen molar-refractivity contribution in [1.82, 2.24) is 15.1 Å². The van der Waals surface area contributed by atoms with E-state index < -0.39 is 0 Å². The first kappa shape index (κ1) is 21.2. The maximum atomic E-state index is 13.8. The number of aromatic nitrogens is 2. The van der Waals surface area contributed by atoms with Crippen LogP contribution in [0.2, 0.25) is 10.3 Å². The Hall–Kier alpha value is -1.63. The molecule has 3 aliphatic rings. The Morgan fingerprint density at radius 3 is 2.61 bits per heavy atom. The summed E-state index contributed by atoms with van der Waals surface area (Å²) >= 11 is 12.2. The largest absolute Gasteiger partial charge is 0.496 e. The van der Waals surface area contributed by atoms with Crippen molar-refractivity contribution in [2.45, 2.75) is 44.1 Å². The van der Waals surface area contributed by atoms with Crippen molar-refractivity contribution in [2.75, 3.05) is 38.2 Å². The van der Waals surface area contributed by atoms with Gasteiger partial charge in [0, 0.05) is 36.2 Å². The summed E-state index contributed by atoms with van der Waals surface area (Å²) in [6.07, 6.45) is 5.81. The molecule has 5 nitrogen and oxygen atoms in total. The summed E-state index contributed by atoms with van der Waals surface area (Å²) in [6.45, 7) is 4.12. The fourth-order valence-corrected chi connectivity index (χ4v) is 6.23. The summed E-state index contributed by atoms with van der Waals surface area (Å²) in [4.78, 5) is 4.92. The second kappa shape index (κ2) is 8.38. The highest BCUT2D eigenvalue weighted by molar-refractivity contribution is 6.33. The molecule has 3 heterocycles. The van der Waals surface area contributed by atoms with Crippen molar-refractivity contribution in [2.24, 2.45) is 5.41 Å². The van der Waals surface area contributed by atoms with Crippen LogP contribution in [0, 0.1) is 11.2 Å². The lowest BCUT2D eigenvalue weighted by Gasteiger charge is -2.50. The summed E-state index contributed by atoms with van der Waals surface area (Å²) in [5.41, 5.74) is 2.27. The number of hydrogen-bond donors (Lipinski definition) is 0. The van der Waals surface area contributed by atoms with Crippen LogP contribution >= 0.6 is 23.2 Å². The van der Waals surface area contributed by atoms with Crippen LogP contribution in [0.15, 0.2) is 24.3 Å². The Kier molecular flexibility index (Phi) is 5.74. The normalized spacial score (nSPS) is 23.9. The van der Waals surface area contributed by atoms with Crippen molar-refractivity contribution in [1.29, 1.82) is 0 Å². The number of methoxy groups -OCH3 is 1. The van der Waals surface area contributed by atoms with Gasteiger partial charge in [0.1, 0.15) is 11.6 Å². The predicted octanol–water partition coefficient (Wildman–Crippen LogP) is 5.17. The van der Waals surface area contributed by atoms with Gasteiger partial charge in [-0.2, -0.15) is 0 Å². The Morgan fingerprint density at radius 2 is 1.87 bits per heavy atom. The van der Waals surface area contributed by atoms with E-state index >= 15 is 0 Å². The van der Waals surface area contributed by atoms with E-state index in [4.69, 9.17) is 27.9 Å². The molecule has 0 bridgehead atoms. The second-order valence-electron chi connectivity index (χ2n) is 9.29. The van der Waals surface area contributed by atoms with Crippen molar-refractivity contribution < 1.29 is 9.13 Å². The first-order valence-electron chi connectivity index (χ1n) is 11.0. The molecule has 2 aliphatic heterocycles. The molecule has 0 N–H and O–H groups in total. The molecular formula is C23H27Cl2FN4O. The highest BCUT2D eigenvalue weighted by atomic mass is 35.5. The molecule has 0 radical (unpaired) electrons. The van der Waals surface area contributed by atoms with Gasteiger partial charge in [-0.25, -0.2) is 4.39 Å². The van der Waals surface area contributed by atoms with Gasteiger partial charge in [0.25, 0.3) is 0 Å². The van der Waals surface area contributed by atoms with Gasteiger partial charge >= 0.3 is 0 Å². The Labute approximate surface area is 192 Å². The van der Waals surface area contributed by atoms with Crippen LogP contribution in [0.1, 0.15) is 43.6 Å². The third-order valence-corrected chi connectivity index (χ3v) is 7.90. The number of hydrogen-bond acceptors (Lipinski definition) is 5. The standard InChI is InChI=1S/C23H27Cl2FN4O/c1-31-20-3-2-16(26)10-18(20)15-5-8-29(9-6-15)17-4-7-23(12-17)13-30(14-23)19-11-21(24)27-28-22(19)25/h2-3,10-11,15,17H,4-9,12-14H2,1H3. The summed E-state index contributed by atoms with van der Waals surface area (Å²) in [5, 5.41) is 8.54. The van der Waals surface area contributed by atoms with Gasteiger partial charge in [-0.3, -0.25) is 0 Å². The maximum absolute atomic E-state index is 13.8. The van der Waals surface area contributed by atoms with E-state index in [2.05, 4.69) is 20.0 Å². The number of likely N-dealkylation sites (tertiary alicyclic amines) is 1. The number of rotatable bonds is 4. The molecule has 0 amide bonds. The Bertz CT molecular complexity index is 961. The molecule has 2 aromatic rings. The topological polar surface area (TPSA) is 41.5 Å². The average Bonchev–Trinajstić information content (AvgIpc) is 3.20. The first-order valence-corrected chi connectivity index (χ1v) is 11.7. The molecule has 166 valence electrons. The molecule has 8 heteroatoms. The second-order valence-corrected chi connectivity index (χ2v) is 10.0. The number of anilines is 1. The highest BCUT2D eigenvalue weighted by Crippen LogP contribution is 2.50. The van der Waals surface area contributed by atoms with Gasteiger partial charge in [-0.1, -0.05) is 23.2 Å². The number of nitrogens with zero attached hydrogens (tertiary/aromatic N) is 4. The van der Waals surface area contributed by atoms with E-state index in [9.17, 15) is 4.39 Å². The fraction of sp³-hybridized carbons (Fsp3) is 0.565. The molecule has 3 fully saturated rings. The van der Waals surface area contributed by atoms with Gasteiger partial charge in [-0.15, -0.1) is 10.2 Å². The molecule has 1 aliphatic carbocycles. The van der Waals surface area contributed by atoms with E-state index in [1.165, 1.54) is 25.3 Å². The molecule has 1 unspecified atom stereocenters. The molecule has 1 atom stereocenters. The lowest BCUT2D eigenvalue weighted by molar-refractivity contribution is 0.131. The third-order valence-electron chi connectivity index (χ3n) is 7.45. The molecule has 1 aromatic heterocycles. The summed E-state index contributed by atoms with van der Waals surface area (Å²) < 4.78 is 19.3. The molecular weight excluding hydrogens is 438 g/mol. The number of benzene rings is 1. The summed E-state index contributed by atoms with van der Waals surface area (Å²) in [6, 6.07) is 7.31. The van der Waals surface area contributed by atoms with Gasteiger partial charge in [0.15, 0.2) is 10.3 Å². The van der Waals surface area contributed by atoms with Crippen molar-refractivity contribution >= 4 is 28.9 Å². The van der Waals surface area contributed by atoms with E-state index in [-0.39, 0.29) is 5.82 Å². The smallest absolute Gasteiger partial charge is 0.175 e. The summed E-state index contributed by atoms with van der Waals surface area (Å²) in [5.74, 6) is 0.984. The molecule has 1 spiro atoms. The lowest BCUT2D eigenvalue weighted by Crippen LogP contribution is -2.56. The van der Waals surface area contributed by atoms with Gasteiger partial charge in [-0.05, 0) is 69.3 Å². The Balaban J connectivity index is 1.17. The van der Waals surface area contributed by atoms with Crippen LogP contribution in [0.3, 0.4) is 0 Å². The monoisotopic (exact) mass is 464 g/mol. The number of ether oxygens (including phenoxy) is 1. The number of piperidine rings is 1. The van der Waals surface area contributed by atoms with E-state index in [1.54, 1.807) is 19.2 Å². The first-order chi connectivity index (χ1) is 15.0. The zero-order valence-corrected chi connectivity index (χ0v) is 19.2. The van der Waals surface area contributed by atoms with Crippen LogP contribution in [0.5, 0.6) is 5.75 Å². The Morgan fingerprint density at radius 1 is 1.10 bits per heavy atom. The SMILES string of the molecule is COc1ccc(F)cc1C1CCN(C2CCC3(C2)CN(c2cc(Cl)nnc2Cl)C3)CC1. The summed E-state index contributed by atoms with van der Waals surface area (Å²) in [7, 11) is 1.66. The zero-order valence-electron chi connectivity index (χ0n) is 17.7. The van der Waals surface area contributed by atoms with Gasteiger partial charge in [0.05, 0.1) is 12.8 Å². The zero-order chi connectivity index (χ0) is 21.6. The maximum Gasteiger partial charge on any atom is 0.175 e. The van der Waals surface area contributed by atoms with Crippen LogP contribution in [-0.4, -0.2) is 54.4 Å². The quantitative estimate of drug-likeness (QED) is 0.623. The van der Waals surface area contributed by atoms with E-state index in [1.807, 2.05) is 6.07 Å². The molecule has 2 saturated heterocycles. The predicted molar refractivity (Wildman–Crippen MR) is 121 cm³/mol. The van der Waals surface area contributed by atoms with Crippen LogP contribution < -0.4 is 9.64 Å². The molecule has 31 heavy (non-hydrogen) atoms. The van der Waals surface area contributed by atoms with Crippen molar-refractivity contribution in [3.8, 4) is 5.75 Å². The van der Waals surface area contributed by atoms with E-state index in [0.29, 0.717) is 27.7 Å². The lowest BCUT2D eigenvalue weighted by atomic mass is 9.77. The third kappa shape index (κ3) is 4.10. The minimum absolute atomic E-state index is 0.184. The van der Waals surface area contributed by atoms with Crippen molar-refractivity contribution in [3.05, 3.63) is 46.0 Å². The highest BCUT2D eigenvalue weighted by Gasteiger charge is 2.50. The molecule has 1 saturated carbocycles. The minimum Gasteiger partial charge on any atom is -0.496 e. The average molecular weight is 465 g/mol. The van der Waals surface area contributed by atoms with E-state index in [0.717, 1.165) is 56.0 Å².